The molecule has 0 fully saturated rings. The highest BCUT2D eigenvalue weighted by Crippen LogP contribution is 2.30. The minimum atomic E-state index is -0.167. The molecule has 5 heteroatoms. The summed E-state index contributed by atoms with van der Waals surface area (Å²) in [5, 5.41) is 1.96. The molecule has 0 aliphatic heterocycles. The van der Waals surface area contributed by atoms with Crippen molar-refractivity contribution in [1.82, 2.24) is 4.57 Å². The monoisotopic (exact) mass is 396 g/mol. The highest BCUT2D eigenvalue weighted by atomic mass is 79.9. The Kier molecular flexibility index (Phi) is 3.98. The van der Waals surface area contributed by atoms with Crippen molar-refractivity contribution < 1.29 is 9.21 Å². The Balaban J connectivity index is 1.92. The summed E-state index contributed by atoms with van der Waals surface area (Å²) in [6, 6.07) is 15.4. The Morgan fingerprint density at radius 2 is 1.96 bits per heavy atom. The van der Waals surface area contributed by atoms with Crippen molar-refractivity contribution in [2.24, 2.45) is 5.73 Å². The molecule has 2 aromatic carbocycles. The molecular weight excluding hydrogens is 380 g/mol. The van der Waals surface area contributed by atoms with E-state index in [2.05, 4.69) is 15.9 Å². The predicted octanol–water partition coefficient (Wildman–Crippen LogP) is 4.65. The van der Waals surface area contributed by atoms with Crippen LogP contribution in [0.2, 0.25) is 0 Å². The van der Waals surface area contributed by atoms with Crippen LogP contribution in [0.15, 0.2) is 57.4 Å². The van der Waals surface area contributed by atoms with E-state index >= 15 is 0 Å². The van der Waals surface area contributed by atoms with Gasteiger partial charge >= 0.3 is 0 Å². The van der Waals surface area contributed by atoms with Crippen LogP contribution in [0.3, 0.4) is 0 Å². The van der Waals surface area contributed by atoms with Gasteiger partial charge in [0.05, 0.1) is 5.52 Å². The van der Waals surface area contributed by atoms with Crippen molar-refractivity contribution in [3.05, 3.63) is 70.0 Å². The van der Waals surface area contributed by atoms with Crippen LogP contribution in [-0.2, 0) is 6.42 Å². The maximum absolute atomic E-state index is 13.2. The summed E-state index contributed by atoms with van der Waals surface area (Å²) in [4.78, 5) is 13.2. The number of para-hydroxylation sites is 1. The van der Waals surface area contributed by atoms with Gasteiger partial charge in [-0.2, -0.15) is 0 Å². The van der Waals surface area contributed by atoms with Crippen molar-refractivity contribution in [2.75, 3.05) is 6.54 Å². The molecule has 25 heavy (non-hydrogen) atoms. The highest BCUT2D eigenvalue weighted by molar-refractivity contribution is 9.10. The molecule has 0 atom stereocenters. The molecule has 0 saturated heterocycles. The largest absolute Gasteiger partial charge is 0.451 e. The van der Waals surface area contributed by atoms with E-state index in [0.29, 0.717) is 17.9 Å². The van der Waals surface area contributed by atoms with E-state index in [4.69, 9.17) is 10.2 Å². The molecule has 4 aromatic rings. The summed E-state index contributed by atoms with van der Waals surface area (Å²) >= 11 is 3.50. The number of benzene rings is 2. The molecule has 2 aromatic heterocycles. The summed E-state index contributed by atoms with van der Waals surface area (Å²) in [5.41, 5.74) is 9.37. The number of nitrogens with two attached hydrogens (primary N) is 1. The maximum Gasteiger partial charge on any atom is 0.298 e. The first-order chi connectivity index (χ1) is 12.1. The Morgan fingerprint density at radius 1 is 1.16 bits per heavy atom. The molecule has 0 radical (unpaired) electrons. The van der Waals surface area contributed by atoms with Gasteiger partial charge in [0, 0.05) is 20.9 Å². The number of aromatic nitrogens is 1. The zero-order chi connectivity index (χ0) is 17.6. The average molecular weight is 397 g/mol. The number of furan rings is 1. The third-order valence-corrected chi connectivity index (χ3v) is 5.25. The third-order valence-electron chi connectivity index (χ3n) is 4.56. The van der Waals surface area contributed by atoms with Gasteiger partial charge in [-0.3, -0.25) is 9.36 Å². The van der Waals surface area contributed by atoms with Crippen LogP contribution in [-0.4, -0.2) is 17.0 Å². The van der Waals surface area contributed by atoms with Gasteiger partial charge in [0.25, 0.3) is 5.91 Å². The Labute approximate surface area is 153 Å². The van der Waals surface area contributed by atoms with Crippen molar-refractivity contribution in [1.29, 1.82) is 0 Å². The van der Waals surface area contributed by atoms with Gasteiger partial charge in [0.2, 0.25) is 0 Å². The maximum atomic E-state index is 13.2. The second kappa shape index (κ2) is 6.17. The van der Waals surface area contributed by atoms with Crippen LogP contribution >= 0.6 is 15.9 Å². The van der Waals surface area contributed by atoms with Crippen LogP contribution in [0.4, 0.5) is 0 Å². The van der Waals surface area contributed by atoms with E-state index in [1.807, 2.05) is 49.4 Å². The lowest BCUT2D eigenvalue weighted by Gasteiger charge is -2.05. The van der Waals surface area contributed by atoms with Crippen molar-refractivity contribution in [2.45, 2.75) is 13.3 Å². The number of nitrogens with zero attached hydrogens (tertiary/aromatic N) is 1. The number of halogens is 1. The van der Waals surface area contributed by atoms with E-state index in [1.165, 1.54) is 0 Å². The van der Waals surface area contributed by atoms with Crippen LogP contribution in [0.25, 0.3) is 21.9 Å². The lowest BCUT2D eigenvalue weighted by Crippen LogP contribution is -2.13. The molecule has 4 rings (SSSR count). The Morgan fingerprint density at radius 3 is 2.72 bits per heavy atom. The molecule has 0 aliphatic rings. The number of carbonyl (C=O) groups is 1. The second-order valence-corrected chi connectivity index (χ2v) is 6.88. The van der Waals surface area contributed by atoms with Gasteiger partial charge in [-0.05, 0) is 49.7 Å². The molecule has 2 N–H and O–H groups in total. The SMILES string of the molecule is Cc1c(CCN)c2ccccc2n1C(=O)c1cc2c(Br)cccc2o1. The first-order valence-corrected chi connectivity index (χ1v) is 8.93. The topological polar surface area (TPSA) is 61.2 Å². The first kappa shape index (κ1) is 16.1. The van der Waals surface area contributed by atoms with Gasteiger partial charge in [-0.1, -0.05) is 40.2 Å². The van der Waals surface area contributed by atoms with E-state index in [1.54, 1.807) is 10.6 Å². The summed E-state index contributed by atoms with van der Waals surface area (Å²) in [7, 11) is 0. The Bertz CT molecular complexity index is 1110. The summed E-state index contributed by atoms with van der Waals surface area (Å²) < 4.78 is 8.45. The molecular formula is C20H17BrN2O2. The van der Waals surface area contributed by atoms with Crippen LogP contribution < -0.4 is 5.73 Å². The van der Waals surface area contributed by atoms with Gasteiger partial charge < -0.3 is 10.2 Å². The average Bonchev–Trinajstić information content (AvgIpc) is 3.16. The van der Waals surface area contributed by atoms with E-state index < -0.39 is 0 Å². The molecule has 0 unspecified atom stereocenters. The minimum absolute atomic E-state index is 0.167. The number of hydrogen-bond donors (Lipinski definition) is 1. The molecule has 0 saturated carbocycles. The summed E-state index contributed by atoms with van der Waals surface area (Å²) in [6.45, 7) is 2.50. The van der Waals surface area contributed by atoms with Gasteiger partial charge in [0.15, 0.2) is 5.76 Å². The minimum Gasteiger partial charge on any atom is -0.451 e. The van der Waals surface area contributed by atoms with E-state index in [-0.39, 0.29) is 5.91 Å². The van der Waals surface area contributed by atoms with Crippen molar-refractivity contribution in [3.63, 3.8) is 0 Å². The quantitative estimate of drug-likeness (QED) is 0.548. The molecule has 4 nitrogen and oxygen atoms in total. The van der Waals surface area contributed by atoms with Crippen LogP contribution in [0.1, 0.15) is 21.8 Å². The standard InChI is InChI=1S/C20H17BrN2O2/c1-12-13(9-10-22)14-5-2-3-7-17(14)23(12)20(24)19-11-15-16(21)6-4-8-18(15)25-19/h2-8,11H,9-10,22H2,1H3. The van der Waals surface area contributed by atoms with Crippen molar-refractivity contribution in [3.8, 4) is 0 Å². The summed E-state index contributed by atoms with van der Waals surface area (Å²) in [6.07, 6.45) is 0.734. The summed E-state index contributed by atoms with van der Waals surface area (Å²) in [5.74, 6) is 0.158. The molecule has 0 bridgehead atoms. The van der Waals surface area contributed by atoms with Crippen LogP contribution in [0, 0.1) is 6.92 Å². The fourth-order valence-electron chi connectivity index (χ4n) is 3.40. The smallest absolute Gasteiger partial charge is 0.298 e. The van der Waals surface area contributed by atoms with Crippen LogP contribution in [0.5, 0.6) is 0 Å². The zero-order valence-electron chi connectivity index (χ0n) is 13.8. The molecule has 126 valence electrons. The molecule has 0 spiro atoms. The lowest BCUT2D eigenvalue weighted by atomic mass is 10.1. The highest BCUT2D eigenvalue weighted by Gasteiger charge is 2.22. The fourth-order valence-corrected chi connectivity index (χ4v) is 3.86. The number of hydrogen-bond acceptors (Lipinski definition) is 3. The number of carbonyl (C=O) groups excluding carboxylic acids is 1. The number of rotatable bonds is 3. The van der Waals surface area contributed by atoms with E-state index in [0.717, 1.165) is 38.4 Å². The lowest BCUT2D eigenvalue weighted by molar-refractivity contribution is 0.0937. The molecule has 2 heterocycles. The normalized spacial score (nSPS) is 11.5. The third kappa shape index (κ3) is 2.51. The predicted molar refractivity (Wildman–Crippen MR) is 103 cm³/mol. The van der Waals surface area contributed by atoms with Crippen molar-refractivity contribution >= 4 is 43.7 Å². The zero-order valence-corrected chi connectivity index (χ0v) is 15.3. The molecule has 0 aliphatic carbocycles. The van der Waals surface area contributed by atoms with Gasteiger partial charge in [-0.25, -0.2) is 0 Å². The van der Waals surface area contributed by atoms with Gasteiger partial charge in [0.1, 0.15) is 5.58 Å². The van der Waals surface area contributed by atoms with E-state index in [9.17, 15) is 4.79 Å². The van der Waals surface area contributed by atoms with Gasteiger partial charge in [-0.15, -0.1) is 0 Å². The molecule has 0 amide bonds. The second-order valence-electron chi connectivity index (χ2n) is 6.02. The Hall–Kier alpha value is -2.37. The first-order valence-electron chi connectivity index (χ1n) is 8.13. The fraction of sp³-hybridized carbons (Fsp3) is 0.150. The number of fused-ring (bicyclic) bond motifs is 2.